The van der Waals surface area contributed by atoms with Gasteiger partial charge in [0.25, 0.3) is 6.43 Å². The molecule has 0 aliphatic rings. The highest BCUT2D eigenvalue weighted by atomic mass is 32.1. The second-order valence-corrected chi connectivity index (χ2v) is 4.29. The fraction of sp³-hybridized carbons (Fsp3) is 0.0909. The molecule has 0 unspecified atom stereocenters. The number of rotatable bonds is 3. The zero-order valence-electron chi connectivity index (χ0n) is 8.56. The highest BCUT2D eigenvalue weighted by Gasteiger charge is 2.24. The minimum Gasteiger partial charge on any atom is -0.375 e. The summed E-state index contributed by atoms with van der Waals surface area (Å²) in [6, 6.07) is 8.20. The third-order valence-electron chi connectivity index (χ3n) is 2.12. The molecule has 0 spiro atoms. The van der Waals surface area contributed by atoms with Crippen LogP contribution >= 0.6 is 11.3 Å². The molecular weight excluding hydrogens is 246 g/mol. The predicted molar refractivity (Wildman–Crippen MR) is 61.4 cm³/mol. The summed E-state index contributed by atoms with van der Waals surface area (Å²) in [7, 11) is 0. The Morgan fingerprint density at radius 2 is 1.94 bits per heavy atom. The monoisotopic (exact) mass is 254 g/mol. The van der Waals surface area contributed by atoms with Gasteiger partial charge in [0.2, 0.25) is 5.78 Å². The summed E-state index contributed by atoms with van der Waals surface area (Å²) >= 11 is 0.783. The molecule has 1 aromatic heterocycles. The number of ketones is 1. The molecule has 2 N–H and O–H groups in total. The number of hydrogen-bond donors (Lipinski definition) is 1. The maximum absolute atomic E-state index is 12.7. The van der Waals surface area contributed by atoms with Crippen LogP contribution in [0.5, 0.6) is 0 Å². The summed E-state index contributed by atoms with van der Waals surface area (Å²) in [5.74, 6) is -0.477. The molecule has 2 aromatic rings. The Morgan fingerprint density at radius 3 is 2.53 bits per heavy atom. The number of alkyl halides is 2. The van der Waals surface area contributed by atoms with E-state index >= 15 is 0 Å². The number of thiazole rings is 1. The maximum Gasteiger partial charge on any atom is 0.282 e. The first-order chi connectivity index (χ1) is 8.09. The Labute approximate surface area is 99.9 Å². The molecule has 0 atom stereocenters. The number of carbonyl (C=O) groups excluding carboxylic acids is 1. The third-order valence-corrected chi connectivity index (χ3v) is 3.02. The lowest BCUT2D eigenvalue weighted by Crippen LogP contribution is -2.02. The first kappa shape index (κ1) is 11.7. The average Bonchev–Trinajstić information content (AvgIpc) is 2.72. The Bertz CT molecular complexity index is 540. The summed E-state index contributed by atoms with van der Waals surface area (Å²) in [6.07, 6.45) is -2.80. The standard InChI is InChI=1S/C11H8F2N2OS/c12-10(13)7-9(17-11(14)15-7)8(16)6-4-2-1-3-5-6/h1-5,10H,(H2,14,15). The quantitative estimate of drug-likeness (QED) is 0.857. The molecule has 0 amide bonds. The second-order valence-electron chi connectivity index (χ2n) is 3.26. The van der Waals surface area contributed by atoms with Gasteiger partial charge in [0.05, 0.1) is 0 Å². The lowest BCUT2D eigenvalue weighted by Gasteiger charge is -2.00. The van der Waals surface area contributed by atoms with E-state index < -0.39 is 17.9 Å². The highest BCUT2D eigenvalue weighted by molar-refractivity contribution is 7.17. The molecule has 0 aliphatic heterocycles. The van der Waals surface area contributed by atoms with Crippen molar-refractivity contribution < 1.29 is 13.6 Å². The molecule has 0 radical (unpaired) electrons. The van der Waals surface area contributed by atoms with Crippen LogP contribution in [0.2, 0.25) is 0 Å². The minimum absolute atomic E-state index is 0.0282. The van der Waals surface area contributed by atoms with Crippen LogP contribution in [0.15, 0.2) is 30.3 Å². The smallest absolute Gasteiger partial charge is 0.282 e. The zero-order chi connectivity index (χ0) is 12.4. The maximum atomic E-state index is 12.7. The molecule has 0 saturated heterocycles. The van der Waals surface area contributed by atoms with E-state index in [1.807, 2.05) is 0 Å². The zero-order valence-corrected chi connectivity index (χ0v) is 9.38. The Kier molecular flexibility index (Phi) is 3.14. The van der Waals surface area contributed by atoms with Gasteiger partial charge in [0, 0.05) is 5.56 Å². The van der Waals surface area contributed by atoms with Crippen LogP contribution in [0.3, 0.4) is 0 Å². The van der Waals surface area contributed by atoms with Crippen LogP contribution in [0.25, 0.3) is 0 Å². The van der Waals surface area contributed by atoms with Gasteiger partial charge in [-0.25, -0.2) is 13.8 Å². The van der Waals surface area contributed by atoms with Crippen molar-refractivity contribution in [2.45, 2.75) is 6.43 Å². The second kappa shape index (κ2) is 4.58. The van der Waals surface area contributed by atoms with Gasteiger partial charge in [-0.3, -0.25) is 4.79 Å². The lowest BCUT2D eigenvalue weighted by molar-refractivity contribution is 0.102. The first-order valence-electron chi connectivity index (χ1n) is 4.73. The number of nitrogens with zero attached hydrogens (tertiary/aromatic N) is 1. The van der Waals surface area contributed by atoms with Gasteiger partial charge < -0.3 is 5.73 Å². The average molecular weight is 254 g/mol. The van der Waals surface area contributed by atoms with E-state index in [2.05, 4.69) is 4.98 Å². The van der Waals surface area contributed by atoms with Gasteiger partial charge >= 0.3 is 0 Å². The van der Waals surface area contributed by atoms with E-state index in [1.54, 1.807) is 30.3 Å². The Balaban J connectivity index is 2.44. The van der Waals surface area contributed by atoms with Crippen LogP contribution in [0.1, 0.15) is 27.4 Å². The van der Waals surface area contributed by atoms with E-state index in [9.17, 15) is 13.6 Å². The summed E-state index contributed by atoms with van der Waals surface area (Å²) in [4.78, 5) is 15.4. The first-order valence-corrected chi connectivity index (χ1v) is 5.55. The molecule has 0 bridgehead atoms. The molecule has 0 aliphatic carbocycles. The van der Waals surface area contributed by atoms with Crippen molar-refractivity contribution >= 4 is 22.3 Å². The molecule has 2 rings (SSSR count). The van der Waals surface area contributed by atoms with Gasteiger partial charge in [-0.05, 0) is 0 Å². The number of hydrogen-bond acceptors (Lipinski definition) is 4. The van der Waals surface area contributed by atoms with E-state index in [0.29, 0.717) is 5.56 Å². The van der Waals surface area contributed by atoms with Crippen molar-refractivity contribution in [3.63, 3.8) is 0 Å². The van der Waals surface area contributed by atoms with E-state index in [0.717, 1.165) is 11.3 Å². The topological polar surface area (TPSA) is 56.0 Å². The van der Waals surface area contributed by atoms with Crippen LogP contribution < -0.4 is 5.73 Å². The fourth-order valence-electron chi connectivity index (χ4n) is 1.38. The largest absolute Gasteiger partial charge is 0.375 e. The number of nitrogens with two attached hydrogens (primary N) is 1. The van der Waals surface area contributed by atoms with Crippen LogP contribution in [-0.4, -0.2) is 10.8 Å². The molecule has 88 valence electrons. The van der Waals surface area contributed by atoms with Crippen molar-refractivity contribution in [1.29, 1.82) is 0 Å². The Hall–Kier alpha value is -1.82. The van der Waals surface area contributed by atoms with Crippen LogP contribution in [0, 0.1) is 0 Å². The number of nitrogen functional groups attached to an aromatic ring is 1. The van der Waals surface area contributed by atoms with Crippen molar-refractivity contribution in [3.8, 4) is 0 Å². The number of carbonyl (C=O) groups is 1. The van der Waals surface area contributed by atoms with Crippen LogP contribution in [0.4, 0.5) is 13.9 Å². The normalized spacial score (nSPS) is 10.8. The van der Waals surface area contributed by atoms with Crippen molar-refractivity contribution in [3.05, 3.63) is 46.5 Å². The van der Waals surface area contributed by atoms with E-state index in [1.165, 1.54) is 0 Å². The van der Waals surface area contributed by atoms with Gasteiger partial charge in [0.1, 0.15) is 10.6 Å². The highest BCUT2D eigenvalue weighted by Crippen LogP contribution is 2.30. The number of benzene rings is 1. The van der Waals surface area contributed by atoms with Crippen molar-refractivity contribution in [2.24, 2.45) is 0 Å². The molecule has 1 heterocycles. The minimum atomic E-state index is -2.80. The number of aromatic nitrogens is 1. The number of anilines is 1. The van der Waals surface area contributed by atoms with E-state index in [-0.39, 0.29) is 10.0 Å². The lowest BCUT2D eigenvalue weighted by atomic mass is 10.1. The molecule has 0 fully saturated rings. The van der Waals surface area contributed by atoms with Crippen molar-refractivity contribution in [2.75, 3.05) is 5.73 Å². The van der Waals surface area contributed by atoms with E-state index in [4.69, 9.17) is 5.73 Å². The molecule has 0 saturated carbocycles. The summed E-state index contributed by atoms with van der Waals surface area (Å²) in [6.45, 7) is 0. The molecule has 17 heavy (non-hydrogen) atoms. The van der Waals surface area contributed by atoms with Gasteiger partial charge in [-0.2, -0.15) is 0 Å². The number of halogens is 2. The van der Waals surface area contributed by atoms with Crippen molar-refractivity contribution in [1.82, 2.24) is 4.98 Å². The summed E-state index contributed by atoms with van der Waals surface area (Å²) in [5.41, 5.74) is 5.16. The Morgan fingerprint density at radius 1 is 1.29 bits per heavy atom. The molecule has 6 heteroatoms. The third kappa shape index (κ3) is 2.31. The molecule has 3 nitrogen and oxygen atoms in total. The summed E-state index contributed by atoms with van der Waals surface area (Å²) < 4.78 is 25.3. The van der Waals surface area contributed by atoms with Gasteiger partial charge in [-0.15, -0.1) is 0 Å². The van der Waals surface area contributed by atoms with Gasteiger partial charge in [-0.1, -0.05) is 41.7 Å². The predicted octanol–water partition coefficient (Wildman–Crippen LogP) is 2.89. The fourth-order valence-corrected chi connectivity index (χ4v) is 2.18. The summed E-state index contributed by atoms with van der Waals surface area (Å²) in [5, 5.41) is -0.0282. The molecule has 1 aromatic carbocycles. The molecular formula is C11H8F2N2OS. The van der Waals surface area contributed by atoms with Gasteiger partial charge in [0.15, 0.2) is 5.13 Å². The SMILES string of the molecule is Nc1nc(C(F)F)c(C(=O)c2ccccc2)s1. The van der Waals surface area contributed by atoms with Crippen LogP contribution in [-0.2, 0) is 0 Å².